The highest BCUT2D eigenvalue weighted by atomic mass is 16.5. The van der Waals surface area contributed by atoms with Crippen molar-refractivity contribution >= 4 is 11.9 Å². The van der Waals surface area contributed by atoms with E-state index in [9.17, 15) is 9.59 Å². The van der Waals surface area contributed by atoms with E-state index >= 15 is 0 Å². The van der Waals surface area contributed by atoms with Crippen molar-refractivity contribution in [3.8, 4) is 5.75 Å². The molecule has 0 saturated heterocycles. The lowest BCUT2D eigenvalue weighted by atomic mass is 10.2. The number of hydrogen-bond donors (Lipinski definition) is 0. The molecule has 0 N–H and O–H groups in total. The molecule has 1 aromatic carbocycles. The third kappa shape index (κ3) is 5.73. The van der Waals surface area contributed by atoms with Crippen LogP contribution in [0.25, 0.3) is 0 Å². The van der Waals surface area contributed by atoms with Gasteiger partial charge in [-0.1, -0.05) is 17.7 Å². The lowest BCUT2D eigenvalue weighted by Gasteiger charge is -2.17. The van der Waals surface area contributed by atoms with Gasteiger partial charge in [0.15, 0.2) is 6.61 Å². The lowest BCUT2D eigenvalue weighted by molar-refractivity contribution is -0.144. The Hall–Kier alpha value is -2.04. The molecular weight excluding hydrogens is 258 g/mol. The summed E-state index contributed by atoms with van der Waals surface area (Å²) >= 11 is 0. The Labute approximate surface area is 119 Å². The maximum Gasteiger partial charge on any atom is 0.307 e. The summed E-state index contributed by atoms with van der Waals surface area (Å²) in [7, 11) is 1.64. The van der Waals surface area contributed by atoms with Crippen LogP contribution in [0.15, 0.2) is 24.3 Å². The molecule has 0 atom stereocenters. The minimum atomic E-state index is -0.299. The summed E-state index contributed by atoms with van der Waals surface area (Å²) in [5, 5.41) is 0. The zero-order chi connectivity index (χ0) is 15.0. The van der Waals surface area contributed by atoms with E-state index in [1.165, 1.54) is 4.90 Å². The Morgan fingerprint density at radius 2 is 1.85 bits per heavy atom. The van der Waals surface area contributed by atoms with Gasteiger partial charge >= 0.3 is 5.97 Å². The number of benzene rings is 1. The first-order valence-electron chi connectivity index (χ1n) is 6.62. The third-order valence-corrected chi connectivity index (χ3v) is 2.77. The number of amides is 1. The first-order chi connectivity index (χ1) is 9.52. The largest absolute Gasteiger partial charge is 0.484 e. The van der Waals surface area contributed by atoms with Gasteiger partial charge in [-0.05, 0) is 26.0 Å². The Morgan fingerprint density at radius 3 is 2.45 bits per heavy atom. The molecule has 5 heteroatoms. The van der Waals surface area contributed by atoms with Crippen LogP contribution in [-0.4, -0.2) is 43.6 Å². The van der Waals surface area contributed by atoms with Gasteiger partial charge in [-0.25, -0.2) is 0 Å². The number of ether oxygens (including phenoxy) is 2. The van der Waals surface area contributed by atoms with Gasteiger partial charge in [0.05, 0.1) is 13.0 Å². The summed E-state index contributed by atoms with van der Waals surface area (Å²) in [5.74, 6) is 0.184. The molecule has 1 rings (SSSR count). The average molecular weight is 279 g/mol. The second-order valence-corrected chi connectivity index (χ2v) is 4.47. The van der Waals surface area contributed by atoms with Crippen LogP contribution in [0.5, 0.6) is 5.75 Å². The molecule has 1 aromatic rings. The van der Waals surface area contributed by atoms with Crippen LogP contribution in [0, 0.1) is 6.92 Å². The van der Waals surface area contributed by atoms with Crippen molar-refractivity contribution in [2.24, 2.45) is 0 Å². The van der Waals surface area contributed by atoms with Crippen molar-refractivity contribution in [3.05, 3.63) is 29.8 Å². The minimum Gasteiger partial charge on any atom is -0.484 e. The van der Waals surface area contributed by atoms with Crippen LogP contribution in [0.1, 0.15) is 18.9 Å². The molecule has 20 heavy (non-hydrogen) atoms. The number of likely N-dealkylation sites (N-methyl/N-ethyl adjacent to an activating group) is 1. The average Bonchev–Trinajstić information content (AvgIpc) is 2.44. The monoisotopic (exact) mass is 279 g/mol. The third-order valence-electron chi connectivity index (χ3n) is 2.77. The fourth-order valence-corrected chi connectivity index (χ4v) is 1.51. The van der Waals surface area contributed by atoms with E-state index in [0.29, 0.717) is 18.9 Å². The van der Waals surface area contributed by atoms with Crippen LogP contribution in [0.3, 0.4) is 0 Å². The molecule has 1 amide bonds. The quantitative estimate of drug-likeness (QED) is 0.714. The molecule has 0 aromatic heterocycles. The van der Waals surface area contributed by atoms with Crippen molar-refractivity contribution in [3.63, 3.8) is 0 Å². The van der Waals surface area contributed by atoms with Gasteiger partial charge in [0, 0.05) is 13.6 Å². The van der Waals surface area contributed by atoms with E-state index in [1.807, 2.05) is 31.2 Å². The first-order valence-corrected chi connectivity index (χ1v) is 6.62. The van der Waals surface area contributed by atoms with Crippen LogP contribution in [0.4, 0.5) is 0 Å². The van der Waals surface area contributed by atoms with Gasteiger partial charge in [0.25, 0.3) is 5.91 Å². The number of esters is 1. The molecule has 0 bridgehead atoms. The van der Waals surface area contributed by atoms with Gasteiger partial charge in [0.1, 0.15) is 5.75 Å². The predicted molar refractivity (Wildman–Crippen MR) is 75.6 cm³/mol. The van der Waals surface area contributed by atoms with Gasteiger partial charge in [-0.3, -0.25) is 9.59 Å². The summed E-state index contributed by atoms with van der Waals surface area (Å²) < 4.78 is 10.2. The Bertz CT molecular complexity index is 442. The van der Waals surface area contributed by atoms with Gasteiger partial charge in [0.2, 0.25) is 0 Å². The standard InChI is InChI=1S/C15H21NO4/c1-4-19-15(18)9-10-16(3)14(17)11-20-13-7-5-12(2)6-8-13/h5-8H,4,9-11H2,1-3H3. The molecule has 0 saturated carbocycles. The second kappa shape index (κ2) is 8.19. The molecule has 0 aliphatic carbocycles. The Balaban J connectivity index is 2.31. The second-order valence-electron chi connectivity index (χ2n) is 4.47. The normalized spacial score (nSPS) is 9.95. The molecule has 0 spiro atoms. The number of carbonyl (C=O) groups is 2. The van der Waals surface area contributed by atoms with Crippen molar-refractivity contribution in [1.29, 1.82) is 0 Å². The fourth-order valence-electron chi connectivity index (χ4n) is 1.51. The maximum absolute atomic E-state index is 11.8. The van der Waals surface area contributed by atoms with E-state index in [2.05, 4.69) is 0 Å². The van der Waals surface area contributed by atoms with Crippen molar-refractivity contribution in [2.75, 3.05) is 26.8 Å². The highest BCUT2D eigenvalue weighted by Crippen LogP contribution is 2.11. The molecule has 0 fully saturated rings. The van der Waals surface area contributed by atoms with Gasteiger partial charge < -0.3 is 14.4 Å². The summed E-state index contributed by atoms with van der Waals surface area (Å²) in [5.41, 5.74) is 1.13. The Kier molecular flexibility index (Phi) is 6.56. The van der Waals surface area contributed by atoms with Gasteiger partial charge in [-0.15, -0.1) is 0 Å². The molecule has 0 unspecified atom stereocenters. The molecule has 0 heterocycles. The lowest BCUT2D eigenvalue weighted by Crippen LogP contribution is -2.33. The SMILES string of the molecule is CCOC(=O)CCN(C)C(=O)COc1ccc(C)cc1. The van der Waals surface area contributed by atoms with Gasteiger partial charge in [-0.2, -0.15) is 0 Å². The summed E-state index contributed by atoms with van der Waals surface area (Å²) in [4.78, 5) is 24.5. The maximum atomic E-state index is 11.8. The summed E-state index contributed by atoms with van der Waals surface area (Å²) in [6.07, 6.45) is 0.195. The molecule has 5 nitrogen and oxygen atoms in total. The molecule has 110 valence electrons. The zero-order valence-electron chi connectivity index (χ0n) is 12.2. The van der Waals surface area contributed by atoms with Crippen LogP contribution in [-0.2, 0) is 14.3 Å². The highest BCUT2D eigenvalue weighted by molar-refractivity contribution is 5.78. The molecule has 0 aliphatic rings. The first kappa shape index (κ1) is 16.0. The van der Waals surface area contributed by atoms with E-state index in [1.54, 1.807) is 14.0 Å². The topological polar surface area (TPSA) is 55.8 Å². The van der Waals surface area contributed by atoms with E-state index in [-0.39, 0.29) is 24.9 Å². The highest BCUT2D eigenvalue weighted by Gasteiger charge is 2.11. The van der Waals surface area contributed by atoms with E-state index < -0.39 is 0 Å². The number of carbonyl (C=O) groups excluding carboxylic acids is 2. The van der Waals surface area contributed by atoms with Crippen molar-refractivity contribution < 1.29 is 19.1 Å². The van der Waals surface area contributed by atoms with E-state index in [4.69, 9.17) is 9.47 Å². The van der Waals surface area contributed by atoms with Crippen LogP contribution in [0.2, 0.25) is 0 Å². The van der Waals surface area contributed by atoms with Crippen molar-refractivity contribution in [2.45, 2.75) is 20.3 Å². The number of rotatable bonds is 7. The van der Waals surface area contributed by atoms with Crippen LogP contribution < -0.4 is 4.74 Å². The number of hydrogen-bond acceptors (Lipinski definition) is 4. The van der Waals surface area contributed by atoms with Crippen LogP contribution >= 0.6 is 0 Å². The zero-order valence-corrected chi connectivity index (χ0v) is 12.2. The molecule has 0 radical (unpaired) electrons. The molecule has 0 aliphatic heterocycles. The fraction of sp³-hybridized carbons (Fsp3) is 0.467. The summed E-state index contributed by atoms with van der Waals surface area (Å²) in [6.45, 7) is 4.38. The Morgan fingerprint density at radius 1 is 1.20 bits per heavy atom. The molecular formula is C15H21NO4. The van der Waals surface area contributed by atoms with E-state index in [0.717, 1.165) is 5.56 Å². The number of aryl methyl sites for hydroxylation is 1. The minimum absolute atomic E-state index is 0.0393. The predicted octanol–water partition coefficient (Wildman–Crippen LogP) is 1.79. The van der Waals surface area contributed by atoms with Crippen molar-refractivity contribution in [1.82, 2.24) is 4.90 Å². The summed E-state index contributed by atoms with van der Waals surface area (Å²) in [6, 6.07) is 7.48. The number of nitrogens with zero attached hydrogens (tertiary/aromatic N) is 1. The smallest absolute Gasteiger partial charge is 0.307 e.